The first-order valence-corrected chi connectivity index (χ1v) is 17.4. The van der Waals surface area contributed by atoms with Crippen LogP contribution in [-0.2, 0) is 12.8 Å². The SMILES string of the molecule is CC(C)CCc1cccc2c1nc1n(-c3cccc(-n4c5ccccc5n5c6cccc(CCC(C)C)c6nc45)c3)c3ccccc3n21. The molecular weight excluding hydrogens is 589 g/mol. The Hall–Kier alpha value is -5.36. The van der Waals surface area contributed by atoms with E-state index < -0.39 is 0 Å². The molecule has 4 aromatic heterocycles. The fraction of sp³-hybridized carbons (Fsp3) is 0.238. The van der Waals surface area contributed by atoms with Gasteiger partial charge < -0.3 is 0 Å². The van der Waals surface area contributed by atoms with Crippen molar-refractivity contribution < 1.29 is 0 Å². The molecule has 6 heteroatoms. The van der Waals surface area contributed by atoms with E-state index in [1.807, 2.05) is 0 Å². The van der Waals surface area contributed by atoms with Crippen molar-refractivity contribution in [2.24, 2.45) is 11.8 Å². The Balaban J connectivity index is 1.27. The molecule has 6 nitrogen and oxygen atoms in total. The van der Waals surface area contributed by atoms with Crippen LogP contribution in [0.1, 0.15) is 51.7 Å². The molecule has 9 rings (SSSR count). The molecule has 0 aliphatic heterocycles. The predicted octanol–water partition coefficient (Wildman–Crippen LogP) is 10.4. The van der Waals surface area contributed by atoms with Crippen molar-refractivity contribution in [3.05, 3.63) is 120 Å². The van der Waals surface area contributed by atoms with Crippen LogP contribution in [0.15, 0.2) is 109 Å². The van der Waals surface area contributed by atoms with Gasteiger partial charge in [-0.3, -0.25) is 17.9 Å². The molecule has 0 amide bonds. The molecule has 5 aromatic carbocycles. The van der Waals surface area contributed by atoms with Gasteiger partial charge in [0, 0.05) is 0 Å². The summed E-state index contributed by atoms with van der Waals surface area (Å²) in [6, 6.07) is 39.4. The second kappa shape index (κ2) is 11.1. The number of hydrogen-bond acceptors (Lipinski definition) is 2. The van der Waals surface area contributed by atoms with Crippen molar-refractivity contribution in [2.75, 3.05) is 0 Å². The lowest BCUT2D eigenvalue weighted by Gasteiger charge is -2.10. The average Bonchev–Trinajstić information content (AvgIpc) is 3.83. The number of para-hydroxylation sites is 6. The quantitative estimate of drug-likeness (QED) is 0.168. The predicted molar refractivity (Wildman–Crippen MR) is 199 cm³/mol. The van der Waals surface area contributed by atoms with E-state index in [0.717, 1.165) is 92.7 Å². The smallest absolute Gasteiger partial charge is 0.220 e. The Morgan fingerprint density at radius 3 is 1.29 bits per heavy atom. The molecule has 0 bridgehead atoms. The first kappa shape index (κ1) is 28.8. The maximum absolute atomic E-state index is 5.37. The summed E-state index contributed by atoms with van der Waals surface area (Å²) in [6.45, 7) is 9.16. The molecule has 9 aromatic rings. The summed E-state index contributed by atoms with van der Waals surface area (Å²) in [6.07, 6.45) is 4.34. The van der Waals surface area contributed by atoms with Crippen molar-refractivity contribution in [3.63, 3.8) is 0 Å². The minimum absolute atomic E-state index is 0.644. The Morgan fingerprint density at radius 1 is 0.458 bits per heavy atom. The van der Waals surface area contributed by atoms with Gasteiger partial charge in [-0.1, -0.05) is 82.3 Å². The molecule has 0 saturated carbocycles. The van der Waals surface area contributed by atoms with Crippen molar-refractivity contribution in [3.8, 4) is 11.4 Å². The third-order valence-electron chi connectivity index (χ3n) is 9.96. The Labute approximate surface area is 279 Å². The maximum atomic E-state index is 5.37. The molecule has 0 spiro atoms. The number of hydrogen-bond donors (Lipinski definition) is 0. The van der Waals surface area contributed by atoms with E-state index in [0.29, 0.717) is 11.8 Å². The molecular formula is C42H40N6. The molecule has 0 saturated heterocycles. The monoisotopic (exact) mass is 628 g/mol. The van der Waals surface area contributed by atoms with Crippen molar-refractivity contribution >= 4 is 55.7 Å². The lowest BCUT2D eigenvalue weighted by Crippen LogP contribution is -2.00. The van der Waals surface area contributed by atoms with E-state index in [1.165, 1.54) is 11.1 Å². The summed E-state index contributed by atoms with van der Waals surface area (Å²) in [4.78, 5) is 10.7. The first-order valence-electron chi connectivity index (χ1n) is 17.4. The number of nitrogens with zero attached hydrogens (tertiary/aromatic N) is 6. The molecule has 0 N–H and O–H groups in total. The number of fused-ring (bicyclic) bond motifs is 10. The van der Waals surface area contributed by atoms with Crippen LogP contribution < -0.4 is 0 Å². The number of imidazole rings is 4. The highest BCUT2D eigenvalue weighted by molar-refractivity contribution is 5.95. The van der Waals surface area contributed by atoms with Crippen LogP contribution in [0.25, 0.3) is 67.1 Å². The van der Waals surface area contributed by atoms with Crippen LogP contribution in [0.4, 0.5) is 0 Å². The van der Waals surface area contributed by atoms with Gasteiger partial charge in [0.15, 0.2) is 0 Å². The summed E-state index contributed by atoms with van der Waals surface area (Å²) in [5.41, 5.74) is 13.9. The highest BCUT2D eigenvalue weighted by atomic mass is 15.2. The van der Waals surface area contributed by atoms with Crippen LogP contribution in [0.3, 0.4) is 0 Å². The standard InChI is InChI=1S/C42H40N6/c1-27(2)22-24-29-12-9-20-37-39(29)43-41-45(33-16-5-7-18-35(33)47(37)41)31-14-11-15-32(26-31)46-34-17-6-8-19-36(34)48-38-21-10-13-30(25-23-28(3)4)40(38)44-42(46)48/h5-21,26-28H,22-25H2,1-4H3. The average molecular weight is 629 g/mol. The van der Waals surface area contributed by atoms with Gasteiger partial charge in [0.05, 0.1) is 55.5 Å². The molecule has 0 aliphatic rings. The summed E-state index contributed by atoms with van der Waals surface area (Å²) < 4.78 is 9.30. The minimum atomic E-state index is 0.644. The van der Waals surface area contributed by atoms with Gasteiger partial charge in [-0.15, -0.1) is 0 Å². The van der Waals surface area contributed by atoms with Crippen molar-refractivity contribution in [1.82, 2.24) is 27.9 Å². The third kappa shape index (κ3) is 4.39. The molecule has 238 valence electrons. The maximum Gasteiger partial charge on any atom is 0.220 e. The van der Waals surface area contributed by atoms with E-state index in [-0.39, 0.29) is 0 Å². The normalized spacial score (nSPS) is 12.5. The fourth-order valence-electron chi connectivity index (χ4n) is 7.54. The lowest BCUT2D eigenvalue weighted by atomic mass is 10.0. The summed E-state index contributed by atoms with van der Waals surface area (Å²) in [5.74, 6) is 3.16. The van der Waals surface area contributed by atoms with Gasteiger partial charge in [0.1, 0.15) is 0 Å². The molecule has 0 radical (unpaired) electrons. The second-order valence-corrected chi connectivity index (χ2v) is 14.1. The number of rotatable bonds is 8. The summed E-state index contributed by atoms with van der Waals surface area (Å²) >= 11 is 0. The second-order valence-electron chi connectivity index (χ2n) is 14.1. The molecule has 4 heterocycles. The van der Waals surface area contributed by atoms with E-state index in [1.54, 1.807) is 0 Å². The molecule has 0 unspecified atom stereocenters. The van der Waals surface area contributed by atoms with Crippen LogP contribution >= 0.6 is 0 Å². The highest BCUT2D eigenvalue weighted by Crippen LogP contribution is 2.34. The first-order chi connectivity index (χ1) is 23.5. The number of aromatic nitrogens is 6. The van der Waals surface area contributed by atoms with Gasteiger partial charge >= 0.3 is 0 Å². The van der Waals surface area contributed by atoms with Gasteiger partial charge in [-0.05, 0) is 103 Å². The number of benzene rings is 5. The highest BCUT2D eigenvalue weighted by Gasteiger charge is 2.21. The van der Waals surface area contributed by atoms with Gasteiger partial charge in [0.25, 0.3) is 0 Å². The van der Waals surface area contributed by atoms with Crippen LogP contribution in [0.5, 0.6) is 0 Å². The fourth-order valence-corrected chi connectivity index (χ4v) is 7.54. The van der Waals surface area contributed by atoms with Gasteiger partial charge in [0.2, 0.25) is 11.6 Å². The lowest BCUT2D eigenvalue weighted by molar-refractivity contribution is 0.588. The molecule has 0 atom stereocenters. The van der Waals surface area contributed by atoms with Crippen LogP contribution in [0, 0.1) is 11.8 Å². The molecule has 48 heavy (non-hydrogen) atoms. The zero-order chi connectivity index (χ0) is 32.5. The van der Waals surface area contributed by atoms with E-state index >= 15 is 0 Å². The zero-order valence-corrected chi connectivity index (χ0v) is 28.1. The third-order valence-corrected chi connectivity index (χ3v) is 9.96. The minimum Gasteiger partial charge on any atom is -0.278 e. The van der Waals surface area contributed by atoms with Gasteiger partial charge in [-0.25, -0.2) is 9.97 Å². The topological polar surface area (TPSA) is 44.5 Å². The molecule has 0 aliphatic carbocycles. The molecule has 0 fully saturated rings. The Morgan fingerprint density at radius 2 is 0.854 bits per heavy atom. The largest absolute Gasteiger partial charge is 0.278 e. The Kier molecular flexibility index (Phi) is 6.68. The zero-order valence-electron chi connectivity index (χ0n) is 28.1. The van der Waals surface area contributed by atoms with Gasteiger partial charge in [-0.2, -0.15) is 0 Å². The van der Waals surface area contributed by atoms with E-state index in [4.69, 9.17) is 9.97 Å². The van der Waals surface area contributed by atoms with E-state index in [9.17, 15) is 0 Å². The van der Waals surface area contributed by atoms with Crippen LogP contribution in [-0.4, -0.2) is 27.9 Å². The van der Waals surface area contributed by atoms with Crippen molar-refractivity contribution in [2.45, 2.75) is 53.4 Å². The summed E-state index contributed by atoms with van der Waals surface area (Å²) in [5, 5.41) is 0. The number of aryl methyl sites for hydroxylation is 2. The summed E-state index contributed by atoms with van der Waals surface area (Å²) in [7, 11) is 0. The van der Waals surface area contributed by atoms with Crippen molar-refractivity contribution in [1.29, 1.82) is 0 Å². The van der Waals surface area contributed by atoms with Crippen LogP contribution in [0.2, 0.25) is 0 Å². The Bertz CT molecular complexity index is 2460. The van der Waals surface area contributed by atoms with E-state index in [2.05, 4.69) is 155 Å².